The topological polar surface area (TPSA) is 20.2 Å². The number of rotatable bonds is 4. The highest BCUT2D eigenvalue weighted by Crippen LogP contribution is 2.52. The fourth-order valence-corrected chi connectivity index (χ4v) is 1.59. The molecule has 1 N–H and O–H groups in total. The van der Waals surface area contributed by atoms with E-state index in [1.807, 2.05) is 0 Å². The van der Waals surface area contributed by atoms with Gasteiger partial charge in [0.15, 0.2) is 0 Å². The van der Waals surface area contributed by atoms with Crippen molar-refractivity contribution >= 4 is 5.57 Å². The van der Waals surface area contributed by atoms with Crippen molar-refractivity contribution in [1.82, 2.24) is 0 Å². The average molecular weight is 316 g/mol. The zero-order valence-corrected chi connectivity index (χ0v) is 10.6. The number of alkyl halides is 7. The van der Waals surface area contributed by atoms with Gasteiger partial charge in [-0.05, 0) is 18.6 Å². The summed E-state index contributed by atoms with van der Waals surface area (Å²) in [5.41, 5.74) is -2.12. The van der Waals surface area contributed by atoms with E-state index in [2.05, 4.69) is 0 Å². The fraction of sp³-hybridized carbons (Fsp3) is 0.385. The molecule has 1 aromatic rings. The molecule has 0 amide bonds. The van der Waals surface area contributed by atoms with Gasteiger partial charge in [0.2, 0.25) is 0 Å². The molecule has 0 spiro atoms. The van der Waals surface area contributed by atoms with E-state index in [1.54, 1.807) is 0 Å². The summed E-state index contributed by atoms with van der Waals surface area (Å²) in [6, 6.07) is 5.69. The van der Waals surface area contributed by atoms with Crippen molar-refractivity contribution in [3.05, 3.63) is 42.0 Å². The number of aliphatic hydroxyl groups is 1. The minimum atomic E-state index is -6.43. The van der Waals surface area contributed by atoms with Crippen molar-refractivity contribution < 1.29 is 35.8 Å². The van der Waals surface area contributed by atoms with Crippen LogP contribution in [0.1, 0.15) is 12.5 Å². The standard InChI is InChI=1S/C13H11F7O/c1-8(21)7-10(9-5-3-2-4-6-9)11(14,15)12(16,17)13(18,19)20/h2-8,21H,1H3/b10-7+. The quantitative estimate of drug-likeness (QED) is 0.822. The number of hydrogen-bond acceptors (Lipinski definition) is 1. The van der Waals surface area contributed by atoms with Crippen LogP contribution in [0.25, 0.3) is 5.57 Å². The van der Waals surface area contributed by atoms with E-state index >= 15 is 0 Å². The Bertz CT molecular complexity index is 503. The Morgan fingerprint density at radius 1 is 1.00 bits per heavy atom. The molecule has 0 fully saturated rings. The lowest BCUT2D eigenvalue weighted by atomic mass is 9.93. The van der Waals surface area contributed by atoms with Crippen LogP contribution < -0.4 is 0 Å². The summed E-state index contributed by atoms with van der Waals surface area (Å²) in [7, 11) is 0. The van der Waals surface area contributed by atoms with E-state index in [0.717, 1.165) is 19.1 Å². The highest BCUT2D eigenvalue weighted by molar-refractivity contribution is 5.72. The van der Waals surface area contributed by atoms with Crippen LogP contribution in [0.15, 0.2) is 36.4 Å². The van der Waals surface area contributed by atoms with Crippen LogP contribution in [0.3, 0.4) is 0 Å². The lowest BCUT2D eigenvalue weighted by Gasteiger charge is -2.30. The van der Waals surface area contributed by atoms with E-state index in [0.29, 0.717) is 0 Å². The van der Waals surface area contributed by atoms with Crippen molar-refractivity contribution in [3.8, 4) is 0 Å². The largest absolute Gasteiger partial charge is 0.460 e. The van der Waals surface area contributed by atoms with Crippen LogP contribution in [0.2, 0.25) is 0 Å². The molecule has 0 radical (unpaired) electrons. The molecule has 0 saturated heterocycles. The van der Waals surface area contributed by atoms with Gasteiger partial charge in [-0.25, -0.2) is 0 Å². The monoisotopic (exact) mass is 316 g/mol. The smallest absolute Gasteiger partial charge is 0.389 e. The second-order valence-corrected chi connectivity index (χ2v) is 4.33. The molecule has 1 aromatic carbocycles. The van der Waals surface area contributed by atoms with Gasteiger partial charge in [0.05, 0.1) is 6.10 Å². The molecule has 0 aromatic heterocycles. The first-order chi connectivity index (χ1) is 9.41. The Kier molecular flexibility index (Phi) is 4.72. The summed E-state index contributed by atoms with van der Waals surface area (Å²) < 4.78 is 90.4. The Morgan fingerprint density at radius 3 is 1.86 bits per heavy atom. The van der Waals surface area contributed by atoms with Crippen LogP contribution >= 0.6 is 0 Å². The molecule has 21 heavy (non-hydrogen) atoms. The SMILES string of the molecule is CC(O)/C=C(\c1ccccc1)C(F)(F)C(F)(F)C(F)(F)F. The predicted octanol–water partition coefficient (Wildman–Crippen LogP) is 4.28. The van der Waals surface area contributed by atoms with Gasteiger partial charge in [-0.3, -0.25) is 0 Å². The van der Waals surface area contributed by atoms with Gasteiger partial charge in [0, 0.05) is 5.57 Å². The van der Waals surface area contributed by atoms with Gasteiger partial charge in [-0.2, -0.15) is 30.7 Å². The van der Waals surface area contributed by atoms with Crippen LogP contribution in [-0.2, 0) is 0 Å². The highest BCUT2D eigenvalue weighted by Gasteiger charge is 2.74. The first kappa shape index (κ1) is 17.5. The molecule has 1 unspecified atom stereocenters. The second kappa shape index (κ2) is 5.67. The minimum absolute atomic E-state index is 0.273. The van der Waals surface area contributed by atoms with Gasteiger partial charge >= 0.3 is 18.0 Å². The third-order valence-electron chi connectivity index (χ3n) is 2.58. The average Bonchev–Trinajstić information content (AvgIpc) is 2.35. The van der Waals surface area contributed by atoms with Crippen molar-refractivity contribution in [2.75, 3.05) is 0 Å². The zero-order chi connectivity index (χ0) is 16.5. The molecule has 1 atom stereocenters. The van der Waals surface area contributed by atoms with E-state index in [9.17, 15) is 30.7 Å². The van der Waals surface area contributed by atoms with Crippen LogP contribution in [0.4, 0.5) is 30.7 Å². The minimum Gasteiger partial charge on any atom is -0.389 e. The normalized spacial score (nSPS) is 16.0. The molecule has 118 valence electrons. The number of hydrogen-bond donors (Lipinski definition) is 1. The first-order valence-electron chi connectivity index (χ1n) is 5.69. The molecular weight excluding hydrogens is 305 g/mol. The van der Waals surface area contributed by atoms with Gasteiger partial charge in [-0.1, -0.05) is 30.3 Å². The van der Waals surface area contributed by atoms with Gasteiger partial charge in [-0.15, -0.1) is 0 Å². The van der Waals surface area contributed by atoms with Crippen LogP contribution in [0.5, 0.6) is 0 Å². The Hall–Kier alpha value is -1.57. The zero-order valence-electron chi connectivity index (χ0n) is 10.6. The van der Waals surface area contributed by atoms with Crippen molar-refractivity contribution in [2.45, 2.75) is 31.0 Å². The number of benzene rings is 1. The van der Waals surface area contributed by atoms with E-state index in [1.165, 1.54) is 18.2 Å². The molecule has 0 aliphatic rings. The number of allylic oxidation sites excluding steroid dienone is 1. The molecule has 1 nitrogen and oxygen atoms in total. The lowest BCUT2D eigenvalue weighted by molar-refractivity contribution is -0.339. The Morgan fingerprint density at radius 2 is 1.48 bits per heavy atom. The second-order valence-electron chi connectivity index (χ2n) is 4.33. The molecule has 0 aliphatic heterocycles. The van der Waals surface area contributed by atoms with E-state index in [-0.39, 0.29) is 6.08 Å². The lowest BCUT2D eigenvalue weighted by Crippen LogP contribution is -2.52. The molecular formula is C13H11F7O. The summed E-state index contributed by atoms with van der Waals surface area (Å²) in [6.45, 7) is 0.963. The summed E-state index contributed by atoms with van der Waals surface area (Å²) >= 11 is 0. The number of halogens is 7. The maximum absolute atomic E-state index is 13.8. The first-order valence-corrected chi connectivity index (χ1v) is 5.69. The van der Waals surface area contributed by atoms with Gasteiger partial charge < -0.3 is 5.11 Å². The fourth-order valence-electron chi connectivity index (χ4n) is 1.59. The van der Waals surface area contributed by atoms with Crippen molar-refractivity contribution in [3.63, 3.8) is 0 Å². The summed E-state index contributed by atoms with van der Waals surface area (Å²) in [6.07, 6.45) is -7.78. The summed E-state index contributed by atoms with van der Waals surface area (Å²) in [5.74, 6) is -11.8. The Labute approximate surface area is 115 Å². The summed E-state index contributed by atoms with van der Waals surface area (Å²) in [5, 5.41) is 9.08. The summed E-state index contributed by atoms with van der Waals surface area (Å²) in [4.78, 5) is 0. The highest BCUT2D eigenvalue weighted by atomic mass is 19.4. The van der Waals surface area contributed by atoms with Crippen LogP contribution in [0, 0.1) is 0 Å². The predicted molar refractivity (Wildman–Crippen MR) is 62.0 cm³/mol. The van der Waals surface area contributed by atoms with E-state index < -0.39 is 35.3 Å². The molecule has 0 aliphatic carbocycles. The Balaban J connectivity index is 3.47. The van der Waals surface area contributed by atoms with E-state index in [4.69, 9.17) is 5.11 Å². The van der Waals surface area contributed by atoms with Gasteiger partial charge in [0.1, 0.15) is 0 Å². The molecule has 8 heteroatoms. The third-order valence-corrected chi connectivity index (χ3v) is 2.58. The number of aliphatic hydroxyl groups excluding tert-OH is 1. The van der Waals surface area contributed by atoms with Crippen molar-refractivity contribution in [1.29, 1.82) is 0 Å². The molecule has 0 heterocycles. The molecule has 1 rings (SSSR count). The molecule has 0 bridgehead atoms. The third kappa shape index (κ3) is 3.37. The molecule has 0 saturated carbocycles. The van der Waals surface area contributed by atoms with Gasteiger partial charge in [0.25, 0.3) is 0 Å². The maximum Gasteiger partial charge on any atom is 0.460 e. The van der Waals surface area contributed by atoms with Crippen molar-refractivity contribution in [2.24, 2.45) is 0 Å². The van der Waals surface area contributed by atoms with Crippen LogP contribution in [-0.4, -0.2) is 29.2 Å². The maximum atomic E-state index is 13.8.